The van der Waals surface area contributed by atoms with Crippen LogP contribution in [0.3, 0.4) is 0 Å². The predicted molar refractivity (Wildman–Crippen MR) is 106 cm³/mol. The van der Waals surface area contributed by atoms with Gasteiger partial charge >= 0.3 is 5.97 Å². The van der Waals surface area contributed by atoms with E-state index < -0.39 is 24.3 Å². The number of halogens is 1. The van der Waals surface area contributed by atoms with E-state index in [0.29, 0.717) is 37.2 Å². The highest BCUT2D eigenvalue weighted by molar-refractivity contribution is 5.96. The van der Waals surface area contributed by atoms with E-state index in [9.17, 15) is 18.8 Å². The maximum Gasteiger partial charge on any atom is 0.309 e. The molecule has 1 heterocycles. The van der Waals surface area contributed by atoms with Crippen molar-refractivity contribution < 1.29 is 23.5 Å². The summed E-state index contributed by atoms with van der Waals surface area (Å²) in [4.78, 5) is 38.5. The third-order valence-electron chi connectivity index (χ3n) is 4.94. The smallest absolute Gasteiger partial charge is 0.309 e. The molecule has 0 aliphatic carbocycles. The van der Waals surface area contributed by atoms with Crippen LogP contribution in [-0.2, 0) is 14.3 Å². The molecule has 1 N–H and O–H groups in total. The summed E-state index contributed by atoms with van der Waals surface area (Å²) in [7, 11) is 0. The molecule has 0 aromatic heterocycles. The summed E-state index contributed by atoms with van der Waals surface area (Å²) in [5.74, 6) is -1.84. The van der Waals surface area contributed by atoms with Gasteiger partial charge in [0.05, 0.1) is 5.92 Å². The number of likely N-dealkylation sites (tertiary alicyclic amines) is 1. The summed E-state index contributed by atoms with van der Waals surface area (Å²) in [6.07, 6.45) is 0.976. The first-order chi connectivity index (χ1) is 13.9. The highest BCUT2D eigenvalue weighted by Gasteiger charge is 2.29. The number of ether oxygens (including phenoxy) is 1. The van der Waals surface area contributed by atoms with Crippen molar-refractivity contribution in [1.82, 2.24) is 4.90 Å². The number of piperidine rings is 1. The number of amides is 2. The van der Waals surface area contributed by atoms with Crippen molar-refractivity contribution in [1.29, 1.82) is 0 Å². The van der Waals surface area contributed by atoms with E-state index in [0.717, 1.165) is 5.56 Å². The molecule has 2 aromatic carbocycles. The van der Waals surface area contributed by atoms with Gasteiger partial charge in [0.2, 0.25) is 0 Å². The lowest BCUT2D eigenvalue weighted by molar-refractivity contribution is -0.152. The zero-order valence-corrected chi connectivity index (χ0v) is 16.2. The number of hydrogen-bond donors (Lipinski definition) is 1. The average molecular weight is 398 g/mol. The Hall–Kier alpha value is -3.22. The molecular formula is C22H23FN2O4. The van der Waals surface area contributed by atoms with Crippen molar-refractivity contribution >= 4 is 23.5 Å². The molecule has 0 spiro atoms. The number of esters is 1. The zero-order valence-electron chi connectivity index (χ0n) is 16.2. The molecule has 0 atom stereocenters. The predicted octanol–water partition coefficient (Wildman–Crippen LogP) is 3.17. The van der Waals surface area contributed by atoms with E-state index in [1.54, 1.807) is 17.0 Å². The molecule has 1 aliphatic heterocycles. The topological polar surface area (TPSA) is 75.7 Å². The Morgan fingerprint density at radius 3 is 2.52 bits per heavy atom. The Morgan fingerprint density at radius 1 is 1.10 bits per heavy atom. The Bertz CT molecular complexity index is 907. The van der Waals surface area contributed by atoms with Crippen molar-refractivity contribution in [2.45, 2.75) is 19.8 Å². The van der Waals surface area contributed by atoms with Gasteiger partial charge in [-0.05, 0) is 49.6 Å². The molecule has 2 amide bonds. The minimum Gasteiger partial charge on any atom is -0.455 e. The van der Waals surface area contributed by atoms with Crippen molar-refractivity contribution in [3.8, 4) is 0 Å². The Morgan fingerprint density at radius 2 is 1.83 bits per heavy atom. The van der Waals surface area contributed by atoms with Gasteiger partial charge in [-0.3, -0.25) is 14.4 Å². The van der Waals surface area contributed by atoms with Gasteiger partial charge in [0.1, 0.15) is 5.82 Å². The number of nitrogens with zero attached hydrogens (tertiary/aromatic N) is 1. The van der Waals surface area contributed by atoms with Gasteiger partial charge in [-0.1, -0.05) is 24.3 Å². The normalized spacial score (nSPS) is 14.3. The van der Waals surface area contributed by atoms with Crippen molar-refractivity contribution in [2.75, 3.05) is 25.0 Å². The van der Waals surface area contributed by atoms with Crippen LogP contribution in [0.15, 0.2) is 48.5 Å². The van der Waals surface area contributed by atoms with Crippen molar-refractivity contribution in [2.24, 2.45) is 5.92 Å². The number of nitrogens with one attached hydrogen (secondary N) is 1. The summed E-state index contributed by atoms with van der Waals surface area (Å²) in [5.41, 5.74) is 1.89. The first-order valence-electron chi connectivity index (χ1n) is 9.51. The van der Waals surface area contributed by atoms with Crippen LogP contribution in [0, 0.1) is 18.7 Å². The molecule has 0 unspecified atom stereocenters. The summed E-state index contributed by atoms with van der Waals surface area (Å²) in [5, 5.41) is 2.48. The molecule has 152 valence electrons. The van der Waals surface area contributed by atoms with E-state index in [2.05, 4.69) is 5.32 Å². The van der Waals surface area contributed by atoms with E-state index in [1.165, 1.54) is 18.2 Å². The fourth-order valence-electron chi connectivity index (χ4n) is 3.32. The van der Waals surface area contributed by atoms with Crippen LogP contribution in [0.1, 0.15) is 28.8 Å². The molecule has 29 heavy (non-hydrogen) atoms. The number of carbonyl (C=O) groups excluding carboxylic acids is 3. The Labute approximate surface area is 168 Å². The van der Waals surface area contributed by atoms with Gasteiger partial charge in [-0.15, -0.1) is 0 Å². The molecular weight excluding hydrogens is 375 g/mol. The van der Waals surface area contributed by atoms with Crippen LogP contribution < -0.4 is 5.32 Å². The second-order valence-electron chi connectivity index (χ2n) is 7.05. The van der Waals surface area contributed by atoms with Crippen molar-refractivity contribution in [3.63, 3.8) is 0 Å². The van der Waals surface area contributed by atoms with Gasteiger partial charge in [-0.2, -0.15) is 0 Å². The summed E-state index contributed by atoms with van der Waals surface area (Å²) < 4.78 is 18.2. The van der Waals surface area contributed by atoms with E-state index in [1.807, 2.05) is 25.1 Å². The second-order valence-corrected chi connectivity index (χ2v) is 7.05. The Kier molecular flexibility index (Phi) is 6.59. The number of carbonyl (C=O) groups is 3. The van der Waals surface area contributed by atoms with Gasteiger partial charge < -0.3 is 15.0 Å². The largest absolute Gasteiger partial charge is 0.455 e. The second kappa shape index (κ2) is 9.32. The fraction of sp³-hybridized carbons (Fsp3) is 0.318. The zero-order chi connectivity index (χ0) is 20.8. The number of anilines is 1. The van der Waals surface area contributed by atoms with Gasteiger partial charge in [0.15, 0.2) is 6.61 Å². The maximum absolute atomic E-state index is 13.1. The lowest BCUT2D eigenvalue weighted by Gasteiger charge is -2.31. The van der Waals surface area contributed by atoms with Gasteiger partial charge in [0, 0.05) is 24.3 Å². The van der Waals surface area contributed by atoms with E-state index >= 15 is 0 Å². The molecule has 7 heteroatoms. The monoisotopic (exact) mass is 398 g/mol. The first-order valence-corrected chi connectivity index (χ1v) is 9.51. The molecule has 0 saturated carbocycles. The van der Waals surface area contributed by atoms with Crippen LogP contribution in [0.25, 0.3) is 0 Å². The van der Waals surface area contributed by atoms with Crippen molar-refractivity contribution in [3.05, 3.63) is 65.5 Å². The summed E-state index contributed by atoms with van der Waals surface area (Å²) in [6.45, 7) is 2.38. The third kappa shape index (κ3) is 5.40. The first kappa shape index (κ1) is 20.5. The highest BCUT2D eigenvalue weighted by Crippen LogP contribution is 2.21. The molecule has 1 aliphatic rings. The van der Waals surface area contributed by atoms with E-state index in [4.69, 9.17) is 4.74 Å². The summed E-state index contributed by atoms with van der Waals surface area (Å²) >= 11 is 0. The molecule has 1 fully saturated rings. The molecule has 0 bridgehead atoms. The third-order valence-corrected chi connectivity index (χ3v) is 4.94. The van der Waals surface area contributed by atoms with Gasteiger partial charge in [-0.25, -0.2) is 4.39 Å². The minimum atomic E-state index is -0.531. The highest BCUT2D eigenvalue weighted by atomic mass is 19.1. The van der Waals surface area contributed by atoms with Crippen LogP contribution in [0.5, 0.6) is 0 Å². The lowest BCUT2D eigenvalue weighted by Crippen LogP contribution is -2.41. The lowest BCUT2D eigenvalue weighted by atomic mass is 9.96. The van der Waals surface area contributed by atoms with E-state index in [-0.39, 0.29) is 11.8 Å². The molecule has 0 radical (unpaired) electrons. The molecule has 2 aromatic rings. The molecule has 1 saturated heterocycles. The number of aryl methyl sites for hydroxylation is 1. The molecule has 3 rings (SSSR count). The minimum absolute atomic E-state index is 0.0376. The maximum atomic E-state index is 13.1. The average Bonchev–Trinajstić information content (AvgIpc) is 2.72. The summed E-state index contributed by atoms with van der Waals surface area (Å²) in [6, 6.07) is 12.9. The number of rotatable bonds is 5. The standard InChI is InChI=1S/C22H23FN2O4/c1-15-5-2-3-8-19(15)21(27)25-11-9-16(10-12-25)22(28)29-14-20(26)24-18-7-4-6-17(23)13-18/h2-8,13,16H,9-12,14H2,1H3,(H,24,26). The Balaban J connectivity index is 1.44. The number of benzene rings is 2. The van der Waals surface area contributed by atoms with Crippen LogP contribution in [-0.4, -0.2) is 42.4 Å². The van der Waals surface area contributed by atoms with Gasteiger partial charge in [0.25, 0.3) is 11.8 Å². The number of hydrogen-bond acceptors (Lipinski definition) is 4. The van der Waals surface area contributed by atoms with Crippen LogP contribution >= 0.6 is 0 Å². The SMILES string of the molecule is Cc1ccccc1C(=O)N1CCC(C(=O)OCC(=O)Nc2cccc(F)c2)CC1. The quantitative estimate of drug-likeness (QED) is 0.785. The molecule has 6 nitrogen and oxygen atoms in total. The van der Waals surface area contributed by atoms with Crippen LogP contribution in [0.2, 0.25) is 0 Å². The fourth-order valence-corrected chi connectivity index (χ4v) is 3.32. The van der Waals surface area contributed by atoms with Crippen LogP contribution in [0.4, 0.5) is 10.1 Å².